The summed E-state index contributed by atoms with van der Waals surface area (Å²) in [7, 11) is 0. The van der Waals surface area contributed by atoms with Crippen LogP contribution in [0.25, 0.3) is 5.52 Å². The van der Waals surface area contributed by atoms with Gasteiger partial charge in [0, 0.05) is 37.3 Å². The summed E-state index contributed by atoms with van der Waals surface area (Å²) in [6.07, 6.45) is 8.97. The number of hydrogen-bond acceptors (Lipinski definition) is 4. The van der Waals surface area contributed by atoms with Gasteiger partial charge >= 0.3 is 0 Å². The summed E-state index contributed by atoms with van der Waals surface area (Å²) in [6.45, 7) is 0.777. The first-order chi connectivity index (χ1) is 11.1. The molecule has 2 aromatic rings. The van der Waals surface area contributed by atoms with Crippen LogP contribution in [-0.2, 0) is 4.79 Å². The van der Waals surface area contributed by atoms with Crippen LogP contribution in [0.3, 0.4) is 0 Å². The van der Waals surface area contributed by atoms with Crippen molar-refractivity contribution in [3.05, 3.63) is 22.8 Å². The van der Waals surface area contributed by atoms with Gasteiger partial charge in [-0.25, -0.2) is 9.97 Å². The number of imidazole rings is 1. The van der Waals surface area contributed by atoms with E-state index in [0.29, 0.717) is 23.2 Å². The maximum absolute atomic E-state index is 12.4. The van der Waals surface area contributed by atoms with Gasteiger partial charge < -0.3 is 10.6 Å². The highest BCUT2D eigenvalue weighted by atomic mass is 79.9. The van der Waals surface area contributed by atoms with Crippen LogP contribution in [0.5, 0.6) is 0 Å². The number of anilines is 1. The molecule has 7 heteroatoms. The average molecular weight is 376 g/mol. The van der Waals surface area contributed by atoms with E-state index in [1.807, 2.05) is 10.6 Å². The Hall–Kier alpha value is -1.63. The number of carbonyl (C=O) groups excluding carboxylic acids is 1. The lowest BCUT2D eigenvalue weighted by molar-refractivity contribution is -0.130. The van der Waals surface area contributed by atoms with E-state index in [4.69, 9.17) is 5.73 Å². The quantitative estimate of drug-likeness (QED) is 0.829. The van der Waals surface area contributed by atoms with Crippen molar-refractivity contribution in [2.45, 2.75) is 44.1 Å². The van der Waals surface area contributed by atoms with E-state index < -0.39 is 0 Å². The minimum absolute atomic E-state index is 0.254. The summed E-state index contributed by atoms with van der Waals surface area (Å²) >= 11 is 3.50. The Bertz CT molecular complexity index is 827. The van der Waals surface area contributed by atoms with Crippen LogP contribution in [0, 0.1) is 5.41 Å². The van der Waals surface area contributed by atoms with Crippen LogP contribution in [0.2, 0.25) is 0 Å². The summed E-state index contributed by atoms with van der Waals surface area (Å²) in [5.74, 6) is 2.04. The summed E-state index contributed by atoms with van der Waals surface area (Å²) < 4.78 is 2.75. The SMILES string of the molecule is Nc1nccn2c([C@H]3CC[C@@H]4N(C3)C(=O)CC43CC3)nc(Br)c12. The van der Waals surface area contributed by atoms with Gasteiger partial charge in [-0.3, -0.25) is 9.20 Å². The molecule has 0 unspecified atom stereocenters. The molecular weight excluding hydrogens is 358 g/mol. The lowest BCUT2D eigenvalue weighted by Crippen LogP contribution is -2.43. The Morgan fingerprint density at radius 1 is 1.35 bits per heavy atom. The maximum atomic E-state index is 12.4. The molecule has 3 fully saturated rings. The molecule has 120 valence electrons. The van der Waals surface area contributed by atoms with Gasteiger partial charge in [0.25, 0.3) is 0 Å². The monoisotopic (exact) mass is 375 g/mol. The number of nitrogen functional groups attached to an aromatic ring is 1. The third-order valence-corrected chi connectivity index (χ3v) is 6.49. The molecular formula is C16H18BrN5O. The third-order valence-electron chi connectivity index (χ3n) is 5.94. The van der Waals surface area contributed by atoms with Gasteiger partial charge in [-0.1, -0.05) is 0 Å². The largest absolute Gasteiger partial charge is 0.382 e. The highest BCUT2D eigenvalue weighted by molar-refractivity contribution is 9.10. The standard InChI is InChI=1S/C16H18BrN5O/c17-13-12-14(18)19-5-6-21(12)15(20-13)9-1-2-10-16(3-4-16)7-11(23)22(10)8-9/h5-6,9-10H,1-4,7-8H2,(H2,18,19)/t9-,10-/m0/s1. The van der Waals surface area contributed by atoms with Crippen LogP contribution in [0.15, 0.2) is 17.0 Å². The lowest BCUT2D eigenvalue weighted by Gasteiger charge is -2.37. The van der Waals surface area contributed by atoms with Crippen molar-refractivity contribution in [2.75, 3.05) is 12.3 Å². The van der Waals surface area contributed by atoms with Gasteiger partial charge in [0.1, 0.15) is 15.9 Å². The fourth-order valence-corrected chi connectivity index (χ4v) is 5.19. The molecule has 3 aliphatic rings. The fourth-order valence-electron chi connectivity index (χ4n) is 4.62. The van der Waals surface area contributed by atoms with Gasteiger partial charge in [0.15, 0.2) is 5.82 Å². The Labute approximate surface area is 142 Å². The zero-order chi connectivity index (χ0) is 15.8. The Kier molecular flexibility index (Phi) is 2.67. The molecule has 1 saturated carbocycles. The minimum Gasteiger partial charge on any atom is -0.382 e. The van der Waals surface area contributed by atoms with E-state index in [-0.39, 0.29) is 5.92 Å². The van der Waals surface area contributed by atoms with Crippen LogP contribution in [0.4, 0.5) is 5.82 Å². The molecule has 1 aliphatic carbocycles. The number of nitrogens with zero attached hydrogens (tertiary/aromatic N) is 4. The molecule has 6 nitrogen and oxygen atoms in total. The Morgan fingerprint density at radius 3 is 2.96 bits per heavy atom. The smallest absolute Gasteiger partial charge is 0.223 e. The number of halogens is 1. The molecule has 2 aromatic heterocycles. The van der Waals surface area contributed by atoms with Crippen molar-refractivity contribution in [1.82, 2.24) is 19.3 Å². The number of amides is 1. The lowest BCUT2D eigenvalue weighted by atomic mass is 9.86. The number of nitrogens with two attached hydrogens (primary N) is 1. The molecule has 2 N–H and O–H groups in total. The third kappa shape index (κ3) is 1.83. The van der Waals surface area contributed by atoms with Crippen molar-refractivity contribution in [3.63, 3.8) is 0 Å². The van der Waals surface area contributed by atoms with Crippen molar-refractivity contribution >= 4 is 33.2 Å². The number of carbonyl (C=O) groups is 1. The highest BCUT2D eigenvalue weighted by Crippen LogP contribution is 2.60. The van der Waals surface area contributed by atoms with Gasteiger partial charge in [0.05, 0.1) is 0 Å². The zero-order valence-corrected chi connectivity index (χ0v) is 14.3. The van der Waals surface area contributed by atoms with E-state index in [1.165, 1.54) is 12.8 Å². The molecule has 1 spiro atoms. The van der Waals surface area contributed by atoms with Gasteiger partial charge in [-0.15, -0.1) is 0 Å². The van der Waals surface area contributed by atoms with Crippen molar-refractivity contribution < 1.29 is 4.79 Å². The predicted octanol–water partition coefficient (Wildman–Crippen LogP) is 2.33. The predicted molar refractivity (Wildman–Crippen MR) is 88.9 cm³/mol. The number of hydrogen-bond donors (Lipinski definition) is 1. The fraction of sp³-hybridized carbons (Fsp3) is 0.562. The highest BCUT2D eigenvalue weighted by Gasteiger charge is 2.59. The number of piperidine rings is 1. The topological polar surface area (TPSA) is 76.5 Å². The normalized spacial score (nSPS) is 28.6. The first-order valence-corrected chi connectivity index (χ1v) is 8.96. The van der Waals surface area contributed by atoms with Crippen molar-refractivity contribution in [3.8, 4) is 0 Å². The van der Waals surface area contributed by atoms with Crippen LogP contribution >= 0.6 is 15.9 Å². The minimum atomic E-state index is 0.254. The van der Waals surface area contributed by atoms with Crippen molar-refractivity contribution in [2.24, 2.45) is 5.41 Å². The molecule has 23 heavy (non-hydrogen) atoms. The molecule has 5 rings (SSSR count). The second kappa shape index (κ2) is 4.47. The summed E-state index contributed by atoms with van der Waals surface area (Å²) in [4.78, 5) is 23.4. The first-order valence-electron chi connectivity index (χ1n) is 8.16. The second-order valence-electron chi connectivity index (χ2n) is 7.17. The van der Waals surface area contributed by atoms with Gasteiger partial charge in [-0.05, 0) is 47.0 Å². The molecule has 0 bridgehead atoms. The zero-order valence-electron chi connectivity index (χ0n) is 12.7. The molecule has 4 heterocycles. The van der Waals surface area contributed by atoms with E-state index in [1.54, 1.807) is 6.20 Å². The average Bonchev–Trinajstić information content (AvgIpc) is 3.15. The number of fused-ring (bicyclic) bond motifs is 3. The number of rotatable bonds is 1. The molecule has 2 saturated heterocycles. The van der Waals surface area contributed by atoms with Crippen LogP contribution in [-0.4, -0.2) is 37.8 Å². The number of aromatic nitrogens is 3. The first kappa shape index (κ1) is 13.8. The molecule has 2 atom stereocenters. The van der Waals surface area contributed by atoms with E-state index in [9.17, 15) is 4.79 Å². The summed E-state index contributed by atoms with van der Waals surface area (Å²) in [5.41, 5.74) is 7.13. The van der Waals surface area contributed by atoms with E-state index >= 15 is 0 Å². The molecule has 0 radical (unpaired) electrons. The van der Waals surface area contributed by atoms with E-state index in [2.05, 4.69) is 30.8 Å². The van der Waals surface area contributed by atoms with Crippen LogP contribution < -0.4 is 5.73 Å². The summed E-state index contributed by atoms with van der Waals surface area (Å²) in [6, 6.07) is 0.465. The van der Waals surface area contributed by atoms with E-state index in [0.717, 1.165) is 41.8 Å². The summed E-state index contributed by atoms with van der Waals surface area (Å²) in [5, 5.41) is 0. The van der Waals surface area contributed by atoms with Gasteiger partial charge in [0.2, 0.25) is 5.91 Å². The van der Waals surface area contributed by atoms with Gasteiger partial charge in [-0.2, -0.15) is 0 Å². The molecule has 0 aromatic carbocycles. The van der Waals surface area contributed by atoms with Crippen LogP contribution in [0.1, 0.15) is 43.8 Å². The maximum Gasteiger partial charge on any atom is 0.223 e. The Morgan fingerprint density at radius 2 is 2.17 bits per heavy atom. The Balaban J connectivity index is 1.52. The molecule has 1 amide bonds. The van der Waals surface area contributed by atoms with Crippen molar-refractivity contribution in [1.29, 1.82) is 0 Å². The second-order valence-corrected chi connectivity index (χ2v) is 7.92. The molecule has 2 aliphatic heterocycles.